The van der Waals surface area contributed by atoms with Crippen LogP contribution in [0.1, 0.15) is 17.3 Å². The number of benzene rings is 1. The van der Waals surface area contributed by atoms with E-state index in [2.05, 4.69) is 29.1 Å². The van der Waals surface area contributed by atoms with Crippen LogP contribution in [0.25, 0.3) is 0 Å². The second kappa shape index (κ2) is 12.6. The predicted molar refractivity (Wildman–Crippen MR) is 108 cm³/mol. The third kappa shape index (κ3) is 7.90. The SMILES string of the molecule is CC(CNC(=O)c1ccccc1N)CN1CCN(C)CC1.Cl.Cl.Cl. The number of carbonyl (C=O) groups is 1. The Bertz CT molecular complexity index is 482. The van der Waals surface area contributed by atoms with E-state index in [1.807, 2.05) is 12.1 Å². The van der Waals surface area contributed by atoms with Crippen LogP contribution in [-0.4, -0.2) is 62.0 Å². The molecule has 1 atom stereocenters. The molecular weight excluding hydrogens is 371 g/mol. The van der Waals surface area contributed by atoms with Crippen molar-refractivity contribution in [3.63, 3.8) is 0 Å². The molecule has 24 heavy (non-hydrogen) atoms. The fourth-order valence-electron chi connectivity index (χ4n) is 2.60. The zero-order valence-corrected chi connectivity index (χ0v) is 16.7. The van der Waals surface area contributed by atoms with E-state index in [0.717, 1.165) is 32.7 Å². The molecule has 0 aromatic heterocycles. The van der Waals surface area contributed by atoms with E-state index in [9.17, 15) is 4.79 Å². The molecule has 0 saturated carbocycles. The third-order valence-electron chi connectivity index (χ3n) is 3.98. The monoisotopic (exact) mass is 398 g/mol. The van der Waals surface area contributed by atoms with E-state index in [0.29, 0.717) is 23.7 Å². The van der Waals surface area contributed by atoms with Crippen molar-refractivity contribution in [3.05, 3.63) is 29.8 Å². The second-order valence-electron chi connectivity index (χ2n) is 6.01. The predicted octanol–water partition coefficient (Wildman–Crippen LogP) is 2.15. The minimum Gasteiger partial charge on any atom is -0.398 e. The maximum Gasteiger partial charge on any atom is 0.253 e. The van der Waals surface area contributed by atoms with E-state index < -0.39 is 0 Å². The highest BCUT2D eigenvalue weighted by atomic mass is 35.5. The smallest absolute Gasteiger partial charge is 0.253 e. The van der Waals surface area contributed by atoms with Crippen molar-refractivity contribution in [2.75, 3.05) is 52.0 Å². The Morgan fingerprint density at radius 3 is 2.33 bits per heavy atom. The first kappa shape index (κ1) is 25.5. The Morgan fingerprint density at radius 2 is 1.75 bits per heavy atom. The number of para-hydroxylation sites is 1. The molecule has 1 aliphatic heterocycles. The molecule has 1 aromatic carbocycles. The van der Waals surface area contributed by atoms with Crippen LogP contribution in [0.5, 0.6) is 0 Å². The van der Waals surface area contributed by atoms with Gasteiger partial charge in [0.05, 0.1) is 5.56 Å². The molecule has 0 bridgehead atoms. The van der Waals surface area contributed by atoms with Gasteiger partial charge in [-0.25, -0.2) is 0 Å². The normalized spacial score (nSPS) is 16.1. The van der Waals surface area contributed by atoms with Gasteiger partial charge in [0, 0.05) is 45.0 Å². The molecule has 1 unspecified atom stereocenters. The number of likely N-dealkylation sites (N-methyl/N-ethyl adjacent to an activating group) is 1. The van der Waals surface area contributed by atoms with Gasteiger partial charge in [0.25, 0.3) is 5.91 Å². The summed E-state index contributed by atoms with van der Waals surface area (Å²) in [4.78, 5) is 16.9. The highest BCUT2D eigenvalue weighted by Crippen LogP contribution is 2.10. The zero-order valence-electron chi connectivity index (χ0n) is 14.2. The molecule has 0 aliphatic carbocycles. The van der Waals surface area contributed by atoms with Crippen LogP contribution >= 0.6 is 37.2 Å². The van der Waals surface area contributed by atoms with E-state index >= 15 is 0 Å². The van der Waals surface area contributed by atoms with E-state index in [1.165, 1.54) is 0 Å². The molecule has 1 amide bonds. The number of nitrogens with two attached hydrogens (primary N) is 1. The van der Waals surface area contributed by atoms with Gasteiger partial charge in [0.2, 0.25) is 0 Å². The fourth-order valence-corrected chi connectivity index (χ4v) is 2.60. The fraction of sp³-hybridized carbons (Fsp3) is 0.562. The number of amides is 1. The maximum atomic E-state index is 12.1. The Labute approximate surface area is 163 Å². The van der Waals surface area contributed by atoms with Crippen molar-refractivity contribution in [2.45, 2.75) is 6.92 Å². The quantitative estimate of drug-likeness (QED) is 0.745. The number of nitrogen functional groups attached to an aromatic ring is 1. The maximum absolute atomic E-state index is 12.1. The Hall–Kier alpha value is -0.720. The van der Waals surface area contributed by atoms with Crippen molar-refractivity contribution < 1.29 is 4.79 Å². The minimum atomic E-state index is -0.0849. The van der Waals surface area contributed by atoms with Gasteiger partial charge < -0.3 is 20.9 Å². The first-order valence-corrected chi connectivity index (χ1v) is 7.60. The highest BCUT2D eigenvalue weighted by Gasteiger charge is 2.17. The van der Waals surface area contributed by atoms with Gasteiger partial charge in [-0.1, -0.05) is 19.1 Å². The van der Waals surface area contributed by atoms with Crippen LogP contribution in [0.2, 0.25) is 0 Å². The number of nitrogens with zero attached hydrogens (tertiary/aromatic N) is 2. The summed E-state index contributed by atoms with van der Waals surface area (Å²) in [7, 11) is 2.16. The lowest BCUT2D eigenvalue weighted by Gasteiger charge is -2.33. The molecule has 1 aliphatic rings. The van der Waals surface area contributed by atoms with Crippen LogP contribution in [0.15, 0.2) is 24.3 Å². The largest absolute Gasteiger partial charge is 0.398 e. The minimum absolute atomic E-state index is 0. The molecule has 2 rings (SSSR count). The molecule has 5 nitrogen and oxygen atoms in total. The summed E-state index contributed by atoms with van der Waals surface area (Å²) in [5.74, 6) is 0.348. The van der Waals surface area contributed by atoms with Gasteiger partial charge in [-0.3, -0.25) is 4.79 Å². The number of hydrogen-bond donors (Lipinski definition) is 2. The lowest BCUT2D eigenvalue weighted by molar-refractivity contribution is 0.0938. The van der Waals surface area contributed by atoms with Crippen LogP contribution in [-0.2, 0) is 0 Å². The number of anilines is 1. The average Bonchev–Trinajstić information content (AvgIpc) is 2.48. The summed E-state index contributed by atoms with van der Waals surface area (Å²) in [5.41, 5.74) is 6.91. The molecule has 0 radical (unpaired) electrons. The summed E-state index contributed by atoms with van der Waals surface area (Å²) in [5, 5.41) is 2.98. The van der Waals surface area contributed by atoms with Crippen molar-refractivity contribution in [1.82, 2.24) is 15.1 Å². The van der Waals surface area contributed by atoms with Crippen molar-refractivity contribution in [2.24, 2.45) is 5.92 Å². The summed E-state index contributed by atoms with van der Waals surface area (Å²) < 4.78 is 0. The number of hydrogen-bond acceptors (Lipinski definition) is 4. The van der Waals surface area contributed by atoms with Gasteiger partial charge in [-0.05, 0) is 25.1 Å². The number of halogens is 3. The van der Waals surface area contributed by atoms with Crippen molar-refractivity contribution in [1.29, 1.82) is 0 Å². The van der Waals surface area contributed by atoms with Crippen LogP contribution in [0, 0.1) is 5.92 Å². The molecule has 1 heterocycles. The number of piperazine rings is 1. The first-order chi connectivity index (χ1) is 10.1. The molecular formula is C16H29Cl3N4O. The average molecular weight is 400 g/mol. The molecule has 3 N–H and O–H groups in total. The zero-order chi connectivity index (χ0) is 15.2. The molecule has 1 fully saturated rings. The van der Waals surface area contributed by atoms with Crippen molar-refractivity contribution >= 4 is 48.8 Å². The number of nitrogens with one attached hydrogen (secondary N) is 1. The second-order valence-corrected chi connectivity index (χ2v) is 6.01. The van der Waals surface area contributed by atoms with Gasteiger partial charge in [-0.15, -0.1) is 37.2 Å². The van der Waals surface area contributed by atoms with Gasteiger partial charge in [0.1, 0.15) is 0 Å². The van der Waals surface area contributed by atoms with Gasteiger partial charge in [-0.2, -0.15) is 0 Å². The number of carbonyl (C=O) groups excluding carboxylic acids is 1. The molecule has 8 heteroatoms. The van der Waals surface area contributed by atoms with Crippen LogP contribution in [0.4, 0.5) is 5.69 Å². The van der Waals surface area contributed by atoms with Gasteiger partial charge >= 0.3 is 0 Å². The Kier molecular flexibility index (Phi) is 13.4. The molecule has 1 saturated heterocycles. The topological polar surface area (TPSA) is 61.6 Å². The summed E-state index contributed by atoms with van der Waals surface area (Å²) in [6.45, 7) is 8.35. The van der Waals surface area contributed by atoms with Crippen LogP contribution in [0.3, 0.4) is 0 Å². The lowest BCUT2D eigenvalue weighted by Crippen LogP contribution is -2.46. The third-order valence-corrected chi connectivity index (χ3v) is 3.98. The first-order valence-electron chi connectivity index (χ1n) is 7.60. The number of rotatable bonds is 5. The van der Waals surface area contributed by atoms with Crippen molar-refractivity contribution in [3.8, 4) is 0 Å². The summed E-state index contributed by atoms with van der Waals surface area (Å²) in [6, 6.07) is 7.18. The van der Waals surface area contributed by atoms with Gasteiger partial charge in [0.15, 0.2) is 0 Å². The highest BCUT2D eigenvalue weighted by molar-refractivity contribution is 5.99. The van der Waals surface area contributed by atoms with E-state index in [1.54, 1.807) is 12.1 Å². The summed E-state index contributed by atoms with van der Waals surface area (Å²) >= 11 is 0. The Balaban J connectivity index is 0. The molecule has 0 spiro atoms. The summed E-state index contributed by atoms with van der Waals surface area (Å²) in [6.07, 6.45) is 0. The van der Waals surface area contributed by atoms with E-state index in [-0.39, 0.29) is 43.1 Å². The standard InChI is InChI=1S/C16H26N4O.3ClH/c1-13(12-20-9-7-19(2)8-10-20)11-18-16(21)14-5-3-4-6-15(14)17;;;/h3-6,13H,7-12,17H2,1-2H3,(H,18,21);3*1H. The Morgan fingerprint density at radius 1 is 1.17 bits per heavy atom. The molecule has 140 valence electrons. The van der Waals surface area contributed by atoms with E-state index in [4.69, 9.17) is 5.73 Å². The van der Waals surface area contributed by atoms with Crippen LogP contribution < -0.4 is 11.1 Å². The molecule has 1 aromatic rings. The lowest BCUT2D eigenvalue weighted by atomic mass is 10.1.